The summed E-state index contributed by atoms with van der Waals surface area (Å²) in [6.07, 6.45) is 3.02. The molecule has 3 rings (SSSR count). The molecule has 0 saturated heterocycles. The van der Waals surface area contributed by atoms with E-state index in [1.54, 1.807) is 17.0 Å². The lowest BCUT2D eigenvalue weighted by Gasteiger charge is -2.29. The molecular weight excluding hydrogens is 408 g/mol. The Hall–Kier alpha value is -3.27. The van der Waals surface area contributed by atoms with Crippen molar-refractivity contribution in [1.29, 1.82) is 0 Å². The molecule has 1 N–H and O–H groups in total. The first kappa shape index (κ1) is 21.4. The van der Waals surface area contributed by atoms with Gasteiger partial charge in [0.2, 0.25) is 5.91 Å². The van der Waals surface area contributed by atoms with Gasteiger partial charge >= 0.3 is 6.09 Å². The molecule has 2 heterocycles. The number of anilines is 1. The van der Waals surface area contributed by atoms with Gasteiger partial charge in [-0.25, -0.2) is 9.78 Å². The number of thiazole rings is 1. The predicted molar refractivity (Wildman–Crippen MR) is 113 cm³/mol. The second kappa shape index (κ2) is 8.62. The topological polar surface area (TPSA) is 115 Å². The summed E-state index contributed by atoms with van der Waals surface area (Å²) in [6.45, 7) is 6.36. The fourth-order valence-corrected chi connectivity index (χ4v) is 3.82. The van der Waals surface area contributed by atoms with Gasteiger partial charge in [0.15, 0.2) is 5.13 Å². The molecule has 30 heavy (non-hydrogen) atoms. The van der Waals surface area contributed by atoms with E-state index in [0.717, 1.165) is 10.6 Å². The van der Waals surface area contributed by atoms with Gasteiger partial charge in [0.25, 0.3) is 5.69 Å². The molecule has 10 heteroatoms. The molecule has 0 fully saturated rings. The monoisotopic (exact) mass is 430 g/mol. The number of carbonyl (C=O) groups is 2. The minimum atomic E-state index is -0.560. The molecule has 0 unspecified atom stereocenters. The molecule has 9 nitrogen and oxygen atoms in total. The van der Waals surface area contributed by atoms with Crippen LogP contribution >= 0.6 is 11.3 Å². The fourth-order valence-electron chi connectivity index (χ4n) is 2.79. The first-order chi connectivity index (χ1) is 14.1. The number of nitro benzene ring substituents is 1. The Morgan fingerprint density at radius 1 is 1.37 bits per heavy atom. The molecule has 0 aliphatic carbocycles. The maximum Gasteiger partial charge on any atom is 0.410 e. The number of aromatic nitrogens is 1. The van der Waals surface area contributed by atoms with E-state index in [4.69, 9.17) is 4.74 Å². The summed E-state index contributed by atoms with van der Waals surface area (Å²) in [6, 6.07) is 6.00. The highest BCUT2D eigenvalue weighted by Crippen LogP contribution is 2.29. The van der Waals surface area contributed by atoms with Gasteiger partial charge in [0, 0.05) is 36.1 Å². The van der Waals surface area contributed by atoms with Gasteiger partial charge in [0.05, 0.1) is 17.2 Å². The molecule has 0 saturated carbocycles. The molecule has 2 aromatic rings. The molecule has 1 aromatic carbocycles. The maximum absolute atomic E-state index is 12.3. The van der Waals surface area contributed by atoms with Crippen LogP contribution in [0.15, 0.2) is 30.3 Å². The Balaban J connectivity index is 1.61. The number of nitrogens with zero attached hydrogens (tertiary/aromatic N) is 3. The summed E-state index contributed by atoms with van der Waals surface area (Å²) in [7, 11) is 0. The van der Waals surface area contributed by atoms with Crippen molar-refractivity contribution in [3.05, 3.63) is 56.6 Å². The average Bonchev–Trinajstić information content (AvgIpc) is 3.06. The maximum atomic E-state index is 12.3. The highest BCUT2D eigenvalue weighted by Gasteiger charge is 2.28. The van der Waals surface area contributed by atoms with E-state index in [-0.39, 0.29) is 11.8 Å². The van der Waals surface area contributed by atoms with Crippen LogP contribution < -0.4 is 5.32 Å². The zero-order valence-electron chi connectivity index (χ0n) is 16.9. The number of fused-ring (bicyclic) bond motifs is 1. The van der Waals surface area contributed by atoms with Crippen molar-refractivity contribution in [1.82, 2.24) is 9.88 Å². The normalized spacial score (nSPS) is 13.8. The van der Waals surface area contributed by atoms with Crippen LogP contribution in [0.4, 0.5) is 15.6 Å². The number of rotatable bonds is 4. The van der Waals surface area contributed by atoms with Crippen LogP contribution in [0.3, 0.4) is 0 Å². The van der Waals surface area contributed by atoms with Crippen LogP contribution in [0, 0.1) is 10.1 Å². The number of nitro groups is 1. The smallest absolute Gasteiger partial charge is 0.410 e. The lowest BCUT2D eigenvalue weighted by Crippen LogP contribution is -2.39. The van der Waals surface area contributed by atoms with Crippen LogP contribution in [0.1, 0.15) is 36.9 Å². The van der Waals surface area contributed by atoms with Crippen LogP contribution in [0.2, 0.25) is 0 Å². The molecule has 0 spiro atoms. The molecule has 1 aliphatic heterocycles. The summed E-state index contributed by atoms with van der Waals surface area (Å²) < 4.78 is 5.41. The third-order valence-electron chi connectivity index (χ3n) is 4.12. The van der Waals surface area contributed by atoms with E-state index in [1.165, 1.54) is 35.6 Å². The number of non-ortho nitro benzene ring substituents is 1. The zero-order chi connectivity index (χ0) is 21.9. The molecule has 0 atom stereocenters. The van der Waals surface area contributed by atoms with Gasteiger partial charge < -0.3 is 9.64 Å². The Kier molecular flexibility index (Phi) is 6.16. The molecular formula is C20H22N4O5S. The standard InChI is InChI=1S/C20H22N4O5S/c1-20(2,3)29-19(26)23-10-9-15-16(12-23)30-18(21-15)22-17(25)8-7-13-5-4-6-14(11-13)24(27)28/h4-8,11H,9-10,12H2,1-3H3,(H,21,22,25)/b8-7+. The molecule has 1 aromatic heterocycles. The zero-order valence-corrected chi connectivity index (χ0v) is 17.7. The van der Waals surface area contributed by atoms with Crippen molar-refractivity contribution < 1.29 is 19.2 Å². The summed E-state index contributed by atoms with van der Waals surface area (Å²) in [5, 5.41) is 14.0. The number of ether oxygens (including phenoxy) is 1. The largest absolute Gasteiger partial charge is 0.444 e. The van der Waals surface area contributed by atoms with Crippen LogP contribution in [-0.4, -0.2) is 39.0 Å². The highest BCUT2D eigenvalue weighted by molar-refractivity contribution is 7.15. The fraction of sp³-hybridized carbons (Fsp3) is 0.350. The number of carbonyl (C=O) groups excluding carboxylic acids is 2. The van der Waals surface area contributed by atoms with E-state index in [2.05, 4.69) is 10.3 Å². The summed E-state index contributed by atoms with van der Waals surface area (Å²) >= 11 is 1.32. The van der Waals surface area contributed by atoms with Gasteiger partial charge in [-0.3, -0.25) is 20.2 Å². The Morgan fingerprint density at radius 3 is 2.83 bits per heavy atom. The predicted octanol–water partition coefficient (Wildman–Crippen LogP) is 4.00. The number of nitrogens with one attached hydrogen (secondary N) is 1. The van der Waals surface area contributed by atoms with Crippen molar-refractivity contribution >= 4 is 40.2 Å². The van der Waals surface area contributed by atoms with E-state index in [9.17, 15) is 19.7 Å². The highest BCUT2D eigenvalue weighted by atomic mass is 32.1. The molecule has 0 radical (unpaired) electrons. The molecule has 158 valence electrons. The Labute approximate surface area is 177 Å². The molecule has 0 bridgehead atoms. The SMILES string of the molecule is CC(C)(C)OC(=O)N1CCc2nc(NC(=O)/C=C/c3cccc([N+](=O)[O-])c3)sc2C1. The first-order valence-corrected chi connectivity index (χ1v) is 10.1. The van der Waals surface area contributed by atoms with Crippen molar-refractivity contribution in [3.63, 3.8) is 0 Å². The number of hydrogen-bond acceptors (Lipinski definition) is 7. The third-order valence-corrected chi connectivity index (χ3v) is 5.12. The van der Waals surface area contributed by atoms with E-state index >= 15 is 0 Å². The van der Waals surface area contributed by atoms with Crippen LogP contribution in [-0.2, 0) is 22.5 Å². The quantitative estimate of drug-likeness (QED) is 0.445. The third kappa shape index (κ3) is 5.63. The van der Waals surface area contributed by atoms with Crippen molar-refractivity contribution in [3.8, 4) is 0 Å². The van der Waals surface area contributed by atoms with Gasteiger partial charge in [-0.05, 0) is 32.4 Å². The van der Waals surface area contributed by atoms with Crippen molar-refractivity contribution in [2.75, 3.05) is 11.9 Å². The van der Waals surface area contributed by atoms with Crippen molar-refractivity contribution in [2.45, 2.75) is 39.3 Å². The Morgan fingerprint density at radius 2 is 2.13 bits per heavy atom. The van der Waals surface area contributed by atoms with E-state index in [0.29, 0.717) is 30.2 Å². The summed E-state index contributed by atoms with van der Waals surface area (Å²) in [5.74, 6) is -0.392. The molecule has 2 amide bonds. The van der Waals surface area contributed by atoms with E-state index in [1.807, 2.05) is 20.8 Å². The van der Waals surface area contributed by atoms with Gasteiger partial charge in [-0.1, -0.05) is 23.5 Å². The van der Waals surface area contributed by atoms with Gasteiger partial charge in [-0.2, -0.15) is 0 Å². The second-order valence-electron chi connectivity index (χ2n) is 7.72. The minimum absolute atomic E-state index is 0.0419. The first-order valence-electron chi connectivity index (χ1n) is 9.31. The van der Waals surface area contributed by atoms with Crippen molar-refractivity contribution in [2.24, 2.45) is 0 Å². The Bertz CT molecular complexity index is 1010. The van der Waals surface area contributed by atoms with Gasteiger partial charge in [-0.15, -0.1) is 0 Å². The number of amides is 2. The number of benzene rings is 1. The van der Waals surface area contributed by atoms with E-state index < -0.39 is 16.4 Å². The van der Waals surface area contributed by atoms with Crippen LogP contribution in [0.25, 0.3) is 6.08 Å². The summed E-state index contributed by atoms with van der Waals surface area (Å²) in [4.78, 5) is 41.8. The lowest BCUT2D eigenvalue weighted by atomic mass is 10.2. The summed E-state index contributed by atoms with van der Waals surface area (Å²) in [5.41, 5.74) is 0.804. The molecule has 1 aliphatic rings. The van der Waals surface area contributed by atoms with Gasteiger partial charge in [0.1, 0.15) is 5.60 Å². The lowest BCUT2D eigenvalue weighted by molar-refractivity contribution is -0.384. The minimum Gasteiger partial charge on any atom is -0.444 e. The average molecular weight is 430 g/mol. The second-order valence-corrected chi connectivity index (χ2v) is 8.80. The van der Waals surface area contributed by atoms with Crippen LogP contribution in [0.5, 0.6) is 0 Å². The number of hydrogen-bond donors (Lipinski definition) is 1.